The third-order valence-electron chi connectivity index (χ3n) is 6.20. The van der Waals surface area contributed by atoms with E-state index >= 15 is 0 Å². The van der Waals surface area contributed by atoms with Crippen LogP contribution in [0, 0.1) is 0 Å². The van der Waals surface area contributed by atoms with Crippen LogP contribution in [0.15, 0.2) is 18.2 Å². The first-order valence-corrected chi connectivity index (χ1v) is 10.1. The van der Waals surface area contributed by atoms with Crippen molar-refractivity contribution < 1.29 is 9.47 Å². The Labute approximate surface area is 151 Å². The Balaban J connectivity index is 1.43. The number of nitrogens with zero attached hydrogens (tertiary/aromatic N) is 1. The minimum Gasteiger partial charge on any atom is -0.493 e. The van der Waals surface area contributed by atoms with Crippen molar-refractivity contribution in [1.29, 1.82) is 0 Å². The highest BCUT2D eigenvalue weighted by Gasteiger charge is 2.34. The van der Waals surface area contributed by atoms with Crippen molar-refractivity contribution >= 4 is 0 Å². The Morgan fingerprint density at radius 2 is 1.88 bits per heavy atom. The monoisotopic (exact) mass is 344 g/mol. The SMILES string of the molecule is COc1cc(CN2CC[C@H]3NCCCC[C@H]32)ccc1OC1CCCC1. The number of ether oxygens (including phenoxy) is 2. The van der Waals surface area contributed by atoms with Crippen LogP contribution >= 0.6 is 0 Å². The van der Waals surface area contributed by atoms with Crippen LogP contribution in [-0.2, 0) is 6.54 Å². The average molecular weight is 344 g/mol. The molecule has 3 fully saturated rings. The molecule has 2 saturated heterocycles. The van der Waals surface area contributed by atoms with E-state index in [1.807, 2.05) is 0 Å². The second-order valence-corrected chi connectivity index (χ2v) is 7.89. The topological polar surface area (TPSA) is 33.7 Å². The molecule has 4 heteroatoms. The van der Waals surface area contributed by atoms with Crippen LogP contribution in [0.1, 0.15) is 56.9 Å². The van der Waals surface area contributed by atoms with Crippen molar-refractivity contribution in [2.45, 2.75) is 76.1 Å². The van der Waals surface area contributed by atoms with Gasteiger partial charge in [0, 0.05) is 25.2 Å². The van der Waals surface area contributed by atoms with Gasteiger partial charge in [0.05, 0.1) is 13.2 Å². The summed E-state index contributed by atoms with van der Waals surface area (Å²) in [5.74, 6) is 1.80. The van der Waals surface area contributed by atoms with Crippen LogP contribution in [-0.4, -0.2) is 43.3 Å². The molecule has 1 saturated carbocycles. The van der Waals surface area contributed by atoms with Gasteiger partial charge in [0.15, 0.2) is 11.5 Å². The average Bonchev–Trinajstić information content (AvgIpc) is 3.21. The van der Waals surface area contributed by atoms with E-state index in [-0.39, 0.29) is 0 Å². The maximum absolute atomic E-state index is 6.18. The Hall–Kier alpha value is -1.26. The minimum absolute atomic E-state index is 0.371. The van der Waals surface area contributed by atoms with Gasteiger partial charge in [-0.1, -0.05) is 12.5 Å². The maximum atomic E-state index is 6.18. The van der Waals surface area contributed by atoms with Gasteiger partial charge in [-0.15, -0.1) is 0 Å². The summed E-state index contributed by atoms with van der Waals surface area (Å²) in [7, 11) is 1.75. The van der Waals surface area contributed by atoms with Crippen molar-refractivity contribution in [3.63, 3.8) is 0 Å². The highest BCUT2D eigenvalue weighted by atomic mass is 16.5. The lowest BCUT2D eigenvalue weighted by Crippen LogP contribution is -2.40. The third-order valence-corrected chi connectivity index (χ3v) is 6.20. The molecule has 1 aromatic carbocycles. The number of fused-ring (bicyclic) bond motifs is 1. The molecule has 3 aliphatic rings. The van der Waals surface area contributed by atoms with Gasteiger partial charge in [-0.2, -0.15) is 0 Å². The van der Waals surface area contributed by atoms with Crippen molar-refractivity contribution in [1.82, 2.24) is 10.2 Å². The summed E-state index contributed by atoms with van der Waals surface area (Å²) in [5, 5.41) is 3.74. The quantitative estimate of drug-likeness (QED) is 0.882. The minimum atomic E-state index is 0.371. The molecule has 1 aromatic rings. The number of likely N-dealkylation sites (tertiary alicyclic amines) is 1. The molecule has 2 heterocycles. The van der Waals surface area contributed by atoms with E-state index in [0.717, 1.165) is 18.0 Å². The molecule has 138 valence electrons. The number of nitrogens with one attached hydrogen (secondary N) is 1. The predicted octanol–water partition coefficient (Wildman–Crippen LogP) is 3.73. The van der Waals surface area contributed by atoms with Gasteiger partial charge in [0.1, 0.15) is 0 Å². The molecule has 0 radical (unpaired) electrons. The van der Waals surface area contributed by atoms with E-state index in [4.69, 9.17) is 9.47 Å². The van der Waals surface area contributed by atoms with Gasteiger partial charge < -0.3 is 14.8 Å². The summed E-state index contributed by atoms with van der Waals surface area (Å²) in [5.41, 5.74) is 1.33. The fourth-order valence-electron chi connectivity index (χ4n) is 4.83. The molecule has 4 nitrogen and oxygen atoms in total. The van der Waals surface area contributed by atoms with E-state index in [1.165, 1.54) is 70.0 Å². The summed E-state index contributed by atoms with van der Waals surface area (Å²) in [4.78, 5) is 2.66. The molecular weight excluding hydrogens is 312 g/mol. The Bertz CT molecular complexity index is 571. The lowest BCUT2D eigenvalue weighted by atomic mass is 10.0. The molecule has 2 aliphatic heterocycles. The zero-order valence-corrected chi connectivity index (χ0v) is 15.5. The van der Waals surface area contributed by atoms with Gasteiger partial charge in [-0.05, 0) is 69.2 Å². The summed E-state index contributed by atoms with van der Waals surface area (Å²) in [6.45, 7) is 3.41. The highest BCUT2D eigenvalue weighted by molar-refractivity contribution is 5.43. The molecule has 0 unspecified atom stereocenters. The normalized spacial score (nSPS) is 27.9. The Kier molecular flexibility index (Phi) is 5.47. The van der Waals surface area contributed by atoms with Crippen LogP contribution in [0.2, 0.25) is 0 Å². The van der Waals surface area contributed by atoms with Crippen LogP contribution in [0.5, 0.6) is 11.5 Å². The van der Waals surface area contributed by atoms with E-state index in [1.54, 1.807) is 7.11 Å². The van der Waals surface area contributed by atoms with Crippen molar-refractivity contribution in [3.05, 3.63) is 23.8 Å². The second kappa shape index (κ2) is 7.96. The lowest BCUT2D eigenvalue weighted by Gasteiger charge is -2.27. The summed E-state index contributed by atoms with van der Waals surface area (Å²) in [6.07, 6.45) is 10.6. The molecule has 1 N–H and O–H groups in total. The largest absolute Gasteiger partial charge is 0.493 e. The fourth-order valence-corrected chi connectivity index (χ4v) is 4.83. The zero-order chi connectivity index (χ0) is 17.1. The number of benzene rings is 1. The molecule has 0 amide bonds. The molecule has 0 bridgehead atoms. The predicted molar refractivity (Wildman–Crippen MR) is 100 cm³/mol. The van der Waals surface area contributed by atoms with E-state index in [2.05, 4.69) is 28.4 Å². The summed E-state index contributed by atoms with van der Waals surface area (Å²) >= 11 is 0. The Morgan fingerprint density at radius 3 is 2.72 bits per heavy atom. The molecule has 0 aromatic heterocycles. The van der Waals surface area contributed by atoms with Crippen LogP contribution in [0.4, 0.5) is 0 Å². The van der Waals surface area contributed by atoms with Gasteiger partial charge in [0.25, 0.3) is 0 Å². The van der Waals surface area contributed by atoms with Crippen molar-refractivity contribution in [2.75, 3.05) is 20.2 Å². The number of hydrogen-bond donors (Lipinski definition) is 1. The molecule has 0 spiro atoms. The summed E-state index contributed by atoms with van der Waals surface area (Å²) < 4.78 is 11.8. The van der Waals surface area contributed by atoms with Crippen molar-refractivity contribution in [2.24, 2.45) is 0 Å². The Morgan fingerprint density at radius 1 is 1.04 bits per heavy atom. The first kappa shape index (κ1) is 17.2. The molecule has 4 rings (SSSR count). The highest BCUT2D eigenvalue weighted by Crippen LogP contribution is 2.34. The maximum Gasteiger partial charge on any atom is 0.161 e. The smallest absolute Gasteiger partial charge is 0.161 e. The number of hydrogen-bond acceptors (Lipinski definition) is 4. The molecular formula is C21H32N2O2. The molecule has 25 heavy (non-hydrogen) atoms. The fraction of sp³-hybridized carbons (Fsp3) is 0.714. The van der Waals surface area contributed by atoms with Gasteiger partial charge in [-0.3, -0.25) is 4.90 Å². The van der Waals surface area contributed by atoms with E-state index in [0.29, 0.717) is 18.2 Å². The van der Waals surface area contributed by atoms with Gasteiger partial charge in [0.2, 0.25) is 0 Å². The first-order chi connectivity index (χ1) is 12.3. The van der Waals surface area contributed by atoms with Crippen LogP contribution in [0.25, 0.3) is 0 Å². The number of rotatable bonds is 5. The lowest BCUT2D eigenvalue weighted by molar-refractivity contribution is 0.200. The third kappa shape index (κ3) is 3.95. The number of methoxy groups -OCH3 is 1. The second-order valence-electron chi connectivity index (χ2n) is 7.89. The molecule has 1 aliphatic carbocycles. The van der Waals surface area contributed by atoms with Crippen LogP contribution < -0.4 is 14.8 Å². The standard InChI is InChI=1S/C21H32N2O2/c1-24-21-14-16(9-10-20(21)25-17-6-2-3-7-17)15-23-13-11-18-19(23)8-4-5-12-22-18/h9-10,14,17-19,22H,2-8,11-13,15H2,1H3/t18-,19-/m1/s1. The summed E-state index contributed by atoms with van der Waals surface area (Å²) in [6, 6.07) is 7.91. The van der Waals surface area contributed by atoms with Gasteiger partial charge in [-0.25, -0.2) is 0 Å². The first-order valence-electron chi connectivity index (χ1n) is 10.1. The van der Waals surface area contributed by atoms with E-state index in [9.17, 15) is 0 Å². The van der Waals surface area contributed by atoms with Gasteiger partial charge >= 0.3 is 0 Å². The van der Waals surface area contributed by atoms with Crippen molar-refractivity contribution in [3.8, 4) is 11.5 Å². The zero-order valence-electron chi connectivity index (χ0n) is 15.5. The van der Waals surface area contributed by atoms with E-state index < -0.39 is 0 Å². The molecule has 2 atom stereocenters. The van der Waals surface area contributed by atoms with Crippen LogP contribution in [0.3, 0.4) is 0 Å².